The summed E-state index contributed by atoms with van der Waals surface area (Å²) >= 11 is 0. The van der Waals surface area contributed by atoms with Crippen molar-refractivity contribution < 1.29 is 19.4 Å². The normalized spacial score (nSPS) is 15.0. The first kappa shape index (κ1) is 16.0. The molecular weight excluding hydrogens is 284 g/mol. The predicted molar refractivity (Wildman–Crippen MR) is 83.8 cm³/mol. The van der Waals surface area contributed by atoms with Crippen LogP contribution in [0, 0.1) is 0 Å². The third kappa shape index (κ3) is 4.60. The minimum absolute atomic E-state index is 0.306. The fourth-order valence-electron chi connectivity index (χ4n) is 2.19. The number of carbonyl (C=O) groups excluding carboxylic acids is 1. The highest BCUT2D eigenvalue weighted by Crippen LogP contribution is 2.17. The van der Waals surface area contributed by atoms with Crippen molar-refractivity contribution in [3.05, 3.63) is 35.9 Å². The first-order valence-electron chi connectivity index (χ1n) is 7.14. The molecule has 1 fully saturated rings. The van der Waals surface area contributed by atoms with Crippen LogP contribution in [0.15, 0.2) is 30.3 Å². The Morgan fingerprint density at radius 3 is 2.50 bits per heavy atom. The molecule has 1 saturated heterocycles. The van der Waals surface area contributed by atoms with Gasteiger partial charge in [-0.1, -0.05) is 12.1 Å². The number of hydrogen-bond donors (Lipinski definition) is 1. The van der Waals surface area contributed by atoms with Gasteiger partial charge in [0, 0.05) is 31.9 Å². The van der Waals surface area contributed by atoms with Gasteiger partial charge in [0.1, 0.15) is 6.54 Å². The Balaban J connectivity index is 1.94. The maximum atomic E-state index is 11.7. The standard InChI is InChI=1S/C16H20N2O4/c1-17(12-16(20)21)15(19)7-4-13-2-5-14(6-3-13)18-8-10-22-11-9-18/h2-7H,8-12H2,1H3,(H,20,21). The Morgan fingerprint density at radius 1 is 1.27 bits per heavy atom. The molecule has 0 unspecified atom stereocenters. The molecule has 0 bridgehead atoms. The summed E-state index contributed by atoms with van der Waals surface area (Å²) < 4.78 is 5.32. The molecule has 1 heterocycles. The molecule has 1 N–H and O–H groups in total. The Labute approximate surface area is 129 Å². The van der Waals surface area contributed by atoms with Gasteiger partial charge in [0.2, 0.25) is 5.91 Å². The molecule has 0 spiro atoms. The lowest BCUT2D eigenvalue weighted by Gasteiger charge is -2.28. The second-order valence-electron chi connectivity index (χ2n) is 5.11. The van der Waals surface area contributed by atoms with E-state index in [2.05, 4.69) is 4.90 Å². The molecule has 1 aliphatic heterocycles. The zero-order valence-electron chi connectivity index (χ0n) is 12.6. The van der Waals surface area contributed by atoms with Crippen LogP contribution < -0.4 is 4.90 Å². The summed E-state index contributed by atoms with van der Waals surface area (Å²) in [6, 6.07) is 7.89. The van der Waals surface area contributed by atoms with Gasteiger partial charge in [-0.2, -0.15) is 0 Å². The van der Waals surface area contributed by atoms with Crippen LogP contribution in [0.5, 0.6) is 0 Å². The highest BCUT2D eigenvalue weighted by Gasteiger charge is 2.11. The average molecular weight is 304 g/mol. The van der Waals surface area contributed by atoms with Gasteiger partial charge in [-0.3, -0.25) is 9.59 Å². The molecule has 1 aliphatic rings. The van der Waals surface area contributed by atoms with E-state index in [9.17, 15) is 9.59 Å². The molecule has 2 rings (SSSR count). The van der Waals surface area contributed by atoms with E-state index in [0.29, 0.717) is 0 Å². The van der Waals surface area contributed by atoms with E-state index in [1.807, 2.05) is 24.3 Å². The highest BCUT2D eigenvalue weighted by atomic mass is 16.5. The Hall–Kier alpha value is -2.34. The van der Waals surface area contributed by atoms with Crippen molar-refractivity contribution in [1.29, 1.82) is 0 Å². The van der Waals surface area contributed by atoms with Crippen molar-refractivity contribution in [2.45, 2.75) is 0 Å². The average Bonchev–Trinajstić information content (AvgIpc) is 2.53. The first-order chi connectivity index (χ1) is 10.6. The van der Waals surface area contributed by atoms with Gasteiger partial charge in [-0.25, -0.2) is 0 Å². The summed E-state index contributed by atoms with van der Waals surface area (Å²) in [5.41, 5.74) is 2.03. The van der Waals surface area contributed by atoms with Gasteiger partial charge < -0.3 is 19.6 Å². The molecule has 6 nitrogen and oxygen atoms in total. The largest absolute Gasteiger partial charge is 0.480 e. The van der Waals surface area contributed by atoms with E-state index in [-0.39, 0.29) is 12.5 Å². The lowest BCUT2D eigenvalue weighted by molar-refractivity contribution is -0.141. The van der Waals surface area contributed by atoms with Crippen LogP contribution in [0.3, 0.4) is 0 Å². The number of hydrogen-bond acceptors (Lipinski definition) is 4. The van der Waals surface area contributed by atoms with E-state index >= 15 is 0 Å². The Bertz CT molecular complexity index is 548. The van der Waals surface area contributed by atoms with E-state index in [0.717, 1.165) is 42.5 Å². The number of amides is 1. The van der Waals surface area contributed by atoms with Crippen LogP contribution in [-0.2, 0) is 14.3 Å². The second kappa shape index (κ2) is 7.61. The number of morpholine rings is 1. The van der Waals surface area contributed by atoms with E-state index in [1.165, 1.54) is 13.1 Å². The lowest BCUT2D eigenvalue weighted by Crippen LogP contribution is -2.36. The fraction of sp³-hybridized carbons (Fsp3) is 0.375. The van der Waals surface area contributed by atoms with Crippen LogP contribution >= 0.6 is 0 Å². The molecule has 0 aromatic heterocycles. The molecule has 0 saturated carbocycles. The SMILES string of the molecule is CN(CC(=O)O)C(=O)C=Cc1ccc(N2CCOCC2)cc1. The number of anilines is 1. The smallest absolute Gasteiger partial charge is 0.323 e. The van der Waals surface area contributed by atoms with Crippen LogP contribution in [0.2, 0.25) is 0 Å². The van der Waals surface area contributed by atoms with E-state index in [4.69, 9.17) is 9.84 Å². The number of carboxylic acids is 1. The summed E-state index contributed by atoms with van der Waals surface area (Å²) in [5.74, 6) is -1.36. The molecule has 0 radical (unpaired) electrons. The van der Waals surface area contributed by atoms with Gasteiger partial charge in [0.15, 0.2) is 0 Å². The third-order valence-electron chi connectivity index (χ3n) is 3.44. The molecule has 118 valence electrons. The van der Waals surface area contributed by atoms with Crippen molar-refractivity contribution in [3.8, 4) is 0 Å². The predicted octanol–water partition coefficient (Wildman–Crippen LogP) is 1.08. The van der Waals surface area contributed by atoms with Crippen LogP contribution in [0.25, 0.3) is 6.08 Å². The number of benzene rings is 1. The summed E-state index contributed by atoms with van der Waals surface area (Å²) in [6.07, 6.45) is 3.07. The van der Waals surface area contributed by atoms with Crippen molar-refractivity contribution in [1.82, 2.24) is 4.90 Å². The number of nitrogens with zero attached hydrogens (tertiary/aromatic N) is 2. The molecular formula is C16H20N2O4. The number of rotatable bonds is 5. The van der Waals surface area contributed by atoms with Gasteiger partial charge >= 0.3 is 5.97 Å². The van der Waals surface area contributed by atoms with Gasteiger partial charge in [-0.05, 0) is 23.8 Å². The topological polar surface area (TPSA) is 70.1 Å². The maximum Gasteiger partial charge on any atom is 0.323 e. The monoisotopic (exact) mass is 304 g/mol. The van der Waals surface area contributed by atoms with Crippen molar-refractivity contribution in [2.24, 2.45) is 0 Å². The number of ether oxygens (including phenoxy) is 1. The molecule has 22 heavy (non-hydrogen) atoms. The fourth-order valence-corrected chi connectivity index (χ4v) is 2.19. The molecule has 0 atom stereocenters. The number of likely N-dealkylation sites (N-methyl/N-ethyl adjacent to an activating group) is 1. The molecule has 1 aromatic carbocycles. The molecule has 0 aliphatic carbocycles. The van der Waals surface area contributed by atoms with Gasteiger partial charge in [-0.15, -0.1) is 0 Å². The second-order valence-corrected chi connectivity index (χ2v) is 5.11. The molecule has 6 heteroatoms. The summed E-state index contributed by atoms with van der Waals surface area (Å²) in [4.78, 5) is 25.7. The van der Waals surface area contributed by atoms with Crippen molar-refractivity contribution in [3.63, 3.8) is 0 Å². The lowest BCUT2D eigenvalue weighted by atomic mass is 10.1. The summed E-state index contributed by atoms with van der Waals surface area (Å²) in [6.45, 7) is 2.94. The molecule has 1 aromatic rings. The summed E-state index contributed by atoms with van der Waals surface area (Å²) in [5, 5.41) is 8.64. The van der Waals surface area contributed by atoms with Crippen LogP contribution in [0.4, 0.5) is 5.69 Å². The van der Waals surface area contributed by atoms with Crippen molar-refractivity contribution >= 4 is 23.6 Å². The molecule has 1 amide bonds. The number of aliphatic carboxylic acids is 1. The van der Waals surface area contributed by atoms with E-state index in [1.54, 1.807) is 6.08 Å². The minimum Gasteiger partial charge on any atom is -0.480 e. The number of carboxylic acid groups (broad SMARTS) is 1. The van der Waals surface area contributed by atoms with Crippen LogP contribution in [0.1, 0.15) is 5.56 Å². The Morgan fingerprint density at radius 2 is 1.91 bits per heavy atom. The number of carbonyl (C=O) groups is 2. The quantitative estimate of drug-likeness (QED) is 0.824. The maximum absolute atomic E-state index is 11.7. The summed E-state index contributed by atoms with van der Waals surface area (Å²) in [7, 11) is 1.46. The van der Waals surface area contributed by atoms with Crippen molar-refractivity contribution in [2.75, 3.05) is 44.8 Å². The van der Waals surface area contributed by atoms with Gasteiger partial charge in [0.25, 0.3) is 0 Å². The van der Waals surface area contributed by atoms with Crippen LogP contribution in [-0.4, -0.2) is 61.8 Å². The van der Waals surface area contributed by atoms with Gasteiger partial charge in [0.05, 0.1) is 13.2 Å². The minimum atomic E-state index is -1.03. The Kier molecular flexibility index (Phi) is 5.55. The zero-order chi connectivity index (χ0) is 15.9. The zero-order valence-corrected chi connectivity index (χ0v) is 12.6. The first-order valence-corrected chi connectivity index (χ1v) is 7.14. The third-order valence-corrected chi connectivity index (χ3v) is 3.44. The van der Waals surface area contributed by atoms with E-state index < -0.39 is 5.97 Å². The highest BCUT2D eigenvalue weighted by molar-refractivity contribution is 5.93.